The van der Waals surface area contributed by atoms with Crippen LogP contribution < -0.4 is 16.8 Å². The lowest BCUT2D eigenvalue weighted by Crippen LogP contribution is -2.13. The second-order valence-corrected chi connectivity index (χ2v) is 5.58. The zero-order valence-corrected chi connectivity index (χ0v) is 11.7. The SMILES string of the molecule is CCC1CC1Nc1sc(C(N)=O)c(N)c1C(=O)OC. The summed E-state index contributed by atoms with van der Waals surface area (Å²) in [5, 5.41) is 3.82. The number of nitrogen functional groups attached to an aromatic ring is 1. The van der Waals surface area contributed by atoms with Crippen molar-refractivity contribution in [1.82, 2.24) is 0 Å². The number of nitrogens with two attached hydrogens (primary N) is 2. The second kappa shape index (κ2) is 5.08. The van der Waals surface area contributed by atoms with Gasteiger partial charge in [-0.05, 0) is 12.3 Å². The zero-order chi connectivity index (χ0) is 14.2. The van der Waals surface area contributed by atoms with Gasteiger partial charge in [-0.1, -0.05) is 13.3 Å². The van der Waals surface area contributed by atoms with Crippen molar-refractivity contribution in [1.29, 1.82) is 0 Å². The van der Waals surface area contributed by atoms with Gasteiger partial charge >= 0.3 is 5.97 Å². The lowest BCUT2D eigenvalue weighted by atomic mass is 10.2. The summed E-state index contributed by atoms with van der Waals surface area (Å²) in [5.74, 6) is -0.591. The zero-order valence-electron chi connectivity index (χ0n) is 10.9. The van der Waals surface area contributed by atoms with Gasteiger partial charge in [-0.2, -0.15) is 0 Å². The van der Waals surface area contributed by atoms with Gasteiger partial charge in [0.1, 0.15) is 15.4 Å². The monoisotopic (exact) mass is 283 g/mol. The fourth-order valence-electron chi connectivity index (χ4n) is 2.08. The van der Waals surface area contributed by atoms with Crippen molar-refractivity contribution in [2.45, 2.75) is 25.8 Å². The number of ether oxygens (including phenoxy) is 1. The van der Waals surface area contributed by atoms with Crippen molar-refractivity contribution in [2.24, 2.45) is 11.7 Å². The fourth-order valence-corrected chi connectivity index (χ4v) is 3.10. The summed E-state index contributed by atoms with van der Waals surface area (Å²) < 4.78 is 4.70. The molecule has 0 saturated heterocycles. The summed E-state index contributed by atoms with van der Waals surface area (Å²) in [6.07, 6.45) is 2.13. The molecule has 1 fully saturated rings. The Morgan fingerprint density at radius 2 is 2.21 bits per heavy atom. The van der Waals surface area contributed by atoms with Crippen molar-refractivity contribution in [3.63, 3.8) is 0 Å². The van der Waals surface area contributed by atoms with Crippen LogP contribution in [0.15, 0.2) is 0 Å². The van der Waals surface area contributed by atoms with E-state index in [-0.39, 0.29) is 16.1 Å². The molecular weight excluding hydrogens is 266 g/mol. The minimum absolute atomic E-state index is 0.0977. The Bertz CT molecular complexity index is 527. The smallest absolute Gasteiger partial charge is 0.343 e. The van der Waals surface area contributed by atoms with Crippen molar-refractivity contribution >= 4 is 33.9 Å². The molecule has 0 aromatic carbocycles. The van der Waals surface area contributed by atoms with E-state index in [1.165, 1.54) is 7.11 Å². The first-order chi connectivity index (χ1) is 8.99. The molecule has 1 amide bonds. The topological polar surface area (TPSA) is 107 Å². The Kier molecular flexibility index (Phi) is 3.66. The van der Waals surface area contributed by atoms with E-state index in [9.17, 15) is 9.59 Å². The highest BCUT2D eigenvalue weighted by molar-refractivity contribution is 7.19. The number of rotatable bonds is 5. The fraction of sp³-hybridized carbons (Fsp3) is 0.500. The van der Waals surface area contributed by atoms with E-state index in [0.29, 0.717) is 17.0 Å². The van der Waals surface area contributed by atoms with E-state index in [0.717, 1.165) is 24.2 Å². The van der Waals surface area contributed by atoms with Gasteiger partial charge in [0, 0.05) is 6.04 Å². The Labute approximate surface area is 115 Å². The molecule has 0 aliphatic heterocycles. The largest absolute Gasteiger partial charge is 0.465 e. The standard InChI is InChI=1S/C12H17N3O3S/c1-3-5-4-6(5)15-11-7(12(17)18-2)8(13)9(19-11)10(14)16/h5-6,15H,3-4,13H2,1-2H3,(H2,14,16). The number of hydrogen-bond donors (Lipinski definition) is 3. The van der Waals surface area contributed by atoms with E-state index in [4.69, 9.17) is 16.2 Å². The van der Waals surface area contributed by atoms with Gasteiger partial charge in [0.2, 0.25) is 0 Å². The molecule has 1 aliphatic carbocycles. The summed E-state index contributed by atoms with van der Waals surface area (Å²) >= 11 is 1.11. The average Bonchev–Trinajstić information content (AvgIpc) is 3.04. The molecule has 1 heterocycles. The number of hydrogen-bond acceptors (Lipinski definition) is 6. The van der Waals surface area contributed by atoms with E-state index in [1.807, 2.05) is 0 Å². The van der Waals surface area contributed by atoms with E-state index >= 15 is 0 Å². The summed E-state index contributed by atoms with van der Waals surface area (Å²) in [4.78, 5) is 23.2. The minimum atomic E-state index is -0.636. The molecular formula is C12H17N3O3S. The molecule has 2 atom stereocenters. The summed E-state index contributed by atoms with van der Waals surface area (Å²) in [7, 11) is 1.28. The maximum Gasteiger partial charge on any atom is 0.343 e. The third-order valence-electron chi connectivity index (χ3n) is 3.32. The number of carbonyl (C=O) groups is 2. The highest BCUT2D eigenvalue weighted by Gasteiger charge is 2.37. The predicted molar refractivity (Wildman–Crippen MR) is 74.4 cm³/mol. The molecule has 1 aromatic rings. The van der Waals surface area contributed by atoms with Crippen LogP contribution in [-0.4, -0.2) is 25.0 Å². The van der Waals surface area contributed by atoms with Gasteiger partial charge in [-0.15, -0.1) is 11.3 Å². The Morgan fingerprint density at radius 1 is 1.53 bits per heavy atom. The maximum absolute atomic E-state index is 11.8. The number of nitrogens with one attached hydrogen (secondary N) is 1. The van der Waals surface area contributed by atoms with Crippen LogP contribution in [0.5, 0.6) is 0 Å². The Morgan fingerprint density at radius 3 is 2.68 bits per heavy atom. The number of amides is 1. The first-order valence-corrected chi connectivity index (χ1v) is 6.88. The number of carbonyl (C=O) groups excluding carboxylic acids is 2. The van der Waals surface area contributed by atoms with Crippen molar-refractivity contribution in [2.75, 3.05) is 18.2 Å². The first kappa shape index (κ1) is 13.7. The number of esters is 1. The Hall–Kier alpha value is -1.76. The Balaban J connectivity index is 2.32. The van der Waals surface area contributed by atoms with Crippen molar-refractivity contribution in [3.8, 4) is 0 Å². The molecule has 7 heteroatoms. The van der Waals surface area contributed by atoms with Crippen LogP contribution in [0.25, 0.3) is 0 Å². The van der Waals surface area contributed by atoms with E-state index < -0.39 is 11.9 Å². The predicted octanol–water partition coefficient (Wildman–Crippen LogP) is 1.43. The minimum Gasteiger partial charge on any atom is -0.465 e. The number of anilines is 2. The first-order valence-electron chi connectivity index (χ1n) is 6.06. The van der Waals surface area contributed by atoms with Gasteiger partial charge in [-0.3, -0.25) is 4.79 Å². The molecule has 1 aromatic heterocycles. The highest BCUT2D eigenvalue weighted by Crippen LogP contribution is 2.42. The summed E-state index contributed by atoms with van der Waals surface area (Å²) in [6.45, 7) is 2.12. The molecule has 1 aliphatic rings. The van der Waals surface area contributed by atoms with Crippen LogP contribution >= 0.6 is 11.3 Å². The molecule has 2 unspecified atom stereocenters. The number of thiophene rings is 1. The van der Waals surface area contributed by atoms with Crippen LogP contribution in [0.2, 0.25) is 0 Å². The molecule has 19 heavy (non-hydrogen) atoms. The van der Waals surface area contributed by atoms with Gasteiger partial charge in [-0.25, -0.2) is 4.79 Å². The summed E-state index contributed by atoms with van der Waals surface area (Å²) in [6, 6.07) is 0.326. The third-order valence-corrected chi connectivity index (χ3v) is 4.47. The van der Waals surface area contributed by atoms with Crippen LogP contribution in [0, 0.1) is 5.92 Å². The van der Waals surface area contributed by atoms with Crippen molar-refractivity contribution < 1.29 is 14.3 Å². The number of primary amides is 1. The maximum atomic E-state index is 11.8. The molecule has 5 N–H and O–H groups in total. The van der Waals surface area contributed by atoms with Crippen LogP contribution in [0.1, 0.15) is 39.8 Å². The molecule has 2 rings (SSSR count). The highest BCUT2D eigenvalue weighted by atomic mass is 32.1. The third kappa shape index (κ3) is 2.51. The van der Waals surface area contributed by atoms with Crippen LogP contribution in [0.4, 0.5) is 10.7 Å². The van der Waals surface area contributed by atoms with Crippen LogP contribution in [-0.2, 0) is 4.74 Å². The quantitative estimate of drug-likeness (QED) is 0.708. The molecule has 1 saturated carbocycles. The number of methoxy groups -OCH3 is 1. The van der Waals surface area contributed by atoms with Crippen molar-refractivity contribution in [3.05, 3.63) is 10.4 Å². The average molecular weight is 283 g/mol. The molecule has 0 radical (unpaired) electrons. The molecule has 0 bridgehead atoms. The van der Waals surface area contributed by atoms with Gasteiger partial charge in [0.25, 0.3) is 5.91 Å². The molecule has 6 nitrogen and oxygen atoms in total. The second-order valence-electron chi connectivity index (χ2n) is 4.56. The molecule has 104 valence electrons. The molecule has 0 spiro atoms. The van der Waals surface area contributed by atoms with Gasteiger partial charge in [0.05, 0.1) is 12.8 Å². The lowest BCUT2D eigenvalue weighted by molar-refractivity contribution is 0.0603. The summed E-state index contributed by atoms with van der Waals surface area (Å²) in [5.41, 5.74) is 11.4. The van der Waals surface area contributed by atoms with Gasteiger partial charge in [0.15, 0.2) is 0 Å². The van der Waals surface area contributed by atoms with Gasteiger partial charge < -0.3 is 21.5 Å². The van der Waals surface area contributed by atoms with Crippen LogP contribution in [0.3, 0.4) is 0 Å². The van der Waals surface area contributed by atoms with E-state index in [1.54, 1.807) is 0 Å². The normalized spacial score (nSPS) is 20.9. The van der Waals surface area contributed by atoms with E-state index in [2.05, 4.69) is 12.2 Å². The lowest BCUT2D eigenvalue weighted by Gasteiger charge is -2.05.